The number of rotatable bonds is 7. The number of para-hydroxylation sites is 1. The van der Waals surface area contributed by atoms with Crippen LogP contribution in [0.2, 0.25) is 0 Å². The molecular formula is C22H24N4O3S. The van der Waals surface area contributed by atoms with Gasteiger partial charge >= 0.3 is 0 Å². The lowest BCUT2D eigenvalue weighted by atomic mass is 10.2. The van der Waals surface area contributed by atoms with Gasteiger partial charge in [-0.05, 0) is 56.0 Å². The molecule has 1 aromatic heterocycles. The fourth-order valence-corrected chi connectivity index (χ4v) is 4.68. The molecule has 156 valence electrons. The Kier molecular flexibility index (Phi) is 5.34. The van der Waals surface area contributed by atoms with Gasteiger partial charge in [0.25, 0.3) is 15.9 Å². The minimum atomic E-state index is -3.80. The predicted octanol–water partition coefficient (Wildman–Crippen LogP) is 3.93. The molecule has 8 heteroatoms. The van der Waals surface area contributed by atoms with Crippen molar-refractivity contribution in [3.63, 3.8) is 0 Å². The maximum atomic E-state index is 13.0. The molecule has 1 N–H and O–H groups in total. The Balaban J connectivity index is 1.56. The van der Waals surface area contributed by atoms with Gasteiger partial charge in [0.2, 0.25) is 0 Å². The summed E-state index contributed by atoms with van der Waals surface area (Å²) in [5, 5.41) is 7.20. The Morgan fingerprint density at radius 1 is 1.13 bits per heavy atom. The van der Waals surface area contributed by atoms with Crippen LogP contribution in [0.1, 0.15) is 36.2 Å². The number of nitrogens with one attached hydrogen (secondary N) is 1. The Morgan fingerprint density at radius 2 is 1.87 bits per heavy atom. The molecule has 0 radical (unpaired) electrons. The molecule has 1 fully saturated rings. The molecule has 0 aliphatic heterocycles. The molecule has 4 rings (SSSR count). The van der Waals surface area contributed by atoms with Gasteiger partial charge in [-0.1, -0.05) is 24.3 Å². The summed E-state index contributed by atoms with van der Waals surface area (Å²) in [4.78, 5) is 12.9. The van der Waals surface area contributed by atoms with Crippen LogP contribution < -0.4 is 9.62 Å². The third-order valence-corrected chi connectivity index (χ3v) is 7.26. The summed E-state index contributed by atoms with van der Waals surface area (Å²) in [5.74, 6) is 0.816. The minimum absolute atomic E-state index is 0.0568. The van der Waals surface area contributed by atoms with Crippen LogP contribution in [0.15, 0.2) is 71.8 Å². The smallest absolute Gasteiger partial charge is 0.264 e. The fraction of sp³-hybridized carbons (Fsp3) is 0.273. The second kappa shape index (κ2) is 7.95. The van der Waals surface area contributed by atoms with Gasteiger partial charge in [0.05, 0.1) is 22.8 Å². The van der Waals surface area contributed by atoms with Gasteiger partial charge in [-0.25, -0.2) is 13.1 Å². The van der Waals surface area contributed by atoms with Crippen LogP contribution in [0.3, 0.4) is 0 Å². The molecule has 30 heavy (non-hydrogen) atoms. The second-order valence-corrected chi connectivity index (χ2v) is 9.50. The molecule has 1 aliphatic carbocycles. The molecule has 0 saturated heterocycles. The van der Waals surface area contributed by atoms with Crippen LogP contribution in [0.25, 0.3) is 0 Å². The average molecular weight is 425 g/mol. The van der Waals surface area contributed by atoms with Crippen molar-refractivity contribution < 1.29 is 13.2 Å². The quantitative estimate of drug-likeness (QED) is 0.623. The summed E-state index contributed by atoms with van der Waals surface area (Å²) in [7, 11) is -2.30. The third kappa shape index (κ3) is 3.95. The van der Waals surface area contributed by atoms with Crippen LogP contribution in [0, 0.1) is 5.92 Å². The van der Waals surface area contributed by atoms with Crippen molar-refractivity contribution in [1.29, 1.82) is 0 Å². The summed E-state index contributed by atoms with van der Waals surface area (Å²) < 4.78 is 29.1. The summed E-state index contributed by atoms with van der Waals surface area (Å²) in [6, 6.07) is 16.8. The predicted molar refractivity (Wildman–Crippen MR) is 116 cm³/mol. The van der Waals surface area contributed by atoms with Gasteiger partial charge in [-0.15, -0.1) is 0 Å². The van der Waals surface area contributed by atoms with E-state index >= 15 is 0 Å². The van der Waals surface area contributed by atoms with Crippen molar-refractivity contribution in [3.05, 3.63) is 72.4 Å². The van der Waals surface area contributed by atoms with E-state index in [1.807, 2.05) is 10.7 Å². The molecule has 1 heterocycles. The summed E-state index contributed by atoms with van der Waals surface area (Å²) >= 11 is 0. The van der Waals surface area contributed by atoms with Gasteiger partial charge < -0.3 is 5.32 Å². The maximum absolute atomic E-state index is 13.0. The van der Waals surface area contributed by atoms with E-state index < -0.39 is 10.0 Å². The van der Waals surface area contributed by atoms with Crippen LogP contribution in [-0.4, -0.2) is 31.2 Å². The van der Waals surface area contributed by atoms with E-state index in [9.17, 15) is 13.2 Å². The third-order valence-electron chi connectivity index (χ3n) is 5.48. The topological polar surface area (TPSA) is 84.3 Å². The lowest BCUT2D eigenvalue weighted by Crippen LogP contribution is -2.27. The number of nitrogens with zero attached hydrogens (tertiary/aromatic N) is 3. The second-order valence-electron chi connectivity index (χ2n) is 7.53. The number of carbonyl (C=O) groups is 1. The highest BCUT2D eigenvalue weighted by Gasteiger charge is 2.31. The van der Waals surface area contributed by atoms with E-state index in [2.05, 4.69) is 17.3 Å². The fourth-order valence-electron chi connectivity index (χ4n) is 3.44. The van der Waals surface area contributed by atoms with E-state index in [1.165, 1.54) is 36.3 Å². The number of hydrogen-bond acceptors (Lipinski definition) is 4. The van der Waals surface area contributed by atoms with Gasteiger partial charge in [0, 0.05) is 18.7 Å². The van der Waals surface area contributed by atoms with Crippen LogP contribution in [-0.2, 0) is 10.0 Å². The average Bonchev–Trinajstić information content (AvgIpc) is 3.52. The Hall–Kier alpha value is -3.13. The van der Waals surface area contributed by atoms with Crippen molar-refractivity contribution in [3.8, 4) is 0 Å². The number of sulfonamides is 1. The molecule has 1 atom stereocenters. The largest absolute Gasteiger partial charge is 0.307 e. The standard InChI is InChI=1S/C22H24N4O3S/c1-16(17-11-12-17)26-21(13-14-23-26)24-22(27)18-7-6-10-20(15-18)30(28,29)25(2)19-8-4-3-5-9-19/h3-10,13-17H,11-12H2,1-2H3,(H,24,27). The van der Waals surface area contributed by atoms with Crippen LogP contribution >= 0.6 is 0 Å². The summed E-state index contributed by atoms with van der Waals surface area (Å²) in [6.45, 7) is 2.09. The molecule has 0 bridgehead atoms. The molecule has 0 spiro atoms. The first-order valence-corrected chi connectivity index (χ1v) is 11.3. The van der Waals surface area contributed by atoms with Gasteiger partial charge in [-0.3, -0.25) is 9.10 Å². The molecule has 3 aromatic rings. The molecule has 1 amide bonds. The Morgan fingerprint density at radius 3 is 2.57 bits per heavy atom. The van der Waals surface area contributed by atoms with Gasteiger partial charge in [0.1, 0.15) is 5.82 Å². The Bertz CT molecular complexity index is 1150. The monoisotopic (exact) mass is 424 g/mol. The highest BCUT2D eigenvalue weighted by Crippen LogP contribution is 2.40. The first-order valence-electron chi connectivity index (χ1n) is 9.87. The van der Waals surface area contributed by atoms with Crippen molar-refractivity contribution >= 4 is 27.4 Å². The van der Waals surface area contributed by atoms with Crippen molar-refractivity contribution in [2.24, 2.45) is 5.92 Å². The molecule has 7 nitrogen and oxygen atoms in total. The van der Waals surface area contributed by atoms with E-state index in [0.717, 1.165) is 0 Å². The zero-order valence-corrected chi connectivity index (χ0v) is 17.7. The number of hydrogen-bond donors (Lipinski definition) is 1. The minimum Gasteiger partial charge on any atom is -0.307 e. The lowest BCUT2D eigenvalue weighted by Gasteiger charge is -2.20. The van der Waals surface area contributed by atoms with E-state index in [0.29, 0.717) is 17.4 Å². The number of aromatic nitrogens is 2. The first-order chi connectivity index (χ1) is 14.4. The van der Waals surface area contributed by atoms with Crippen LogP contribution in [0.4, 0.5) is 11.5 Å². The molecule has 1 saturated carbocycles. The van der Waals surface area contributed by atoms with Crippen molar-refractivity contribution in [2.45, 2.75) is 30.7 Å². The number of benzene rings is 2. The zero-order chi connectivity index (χ0) is 21.3. The summed E-state index contributed by atoms with van der Waals surface area (Å²) in [6.07, 6.45) is 4.00. The molecule has 2 aromatic carbocycles. The molecule has 1 unspecified atom stereocenters. The molecule has 1 aliphatic rings. The zero-order valence-electron chi connectivity index (χ0n) is 16.9. The van der Waals surface area contributed by atoms with Crippen LogP contribution in [0.5, 0.6) is 0 Å². The number of anilines is 2. The summed E-state index contributed by atoms with van der Waals surface area (Å²) in [5.41, 5.74) is 0.815. The highest BCUT2D eigenvalue weighted by atomic mass is 32.2. The normalized spacial score (nSPS) is 14.9. The number of amides is 1. The van der Waals surface area contributed by atoms with Gasteiger partial charge in [0.15, 0.2) is 0 Å². The molecular weight excluding hydrogens is 400 g/mol. The highest BCUT2D eigenvalue weighted by molar-refractivity contribution is 7.92. The van der Waals surface area contributed by atoms with E-state index in [1.54, 1.807) is 48.7 Å². The SMILES string of the molecule is CC(C1CC1)n1nccc1NC(=O)c1cccc(S(=O)(=O)N(C)c2ccccc2)c1. The lowest BCUT2D eigenvalue weighted by molar-refractivity contribution is 0.102. The van der Waals surface area contributed by atoms with E-state index in [4.69, 9.17) is 0 Å². The number of carbonyl (C=O) groups excluding carboxylic acids is 1. The van der Waals surface area contributed by atoms with Crippen molar-refractivity contribution in [2.75, 3.05) is 16.7 Å². The Labute approximate surface area is 176 Å². The first kappa shape index (κ1) is 20.2. The van der Waals surface area contributed by atoms with Gasteiger partial charge in [-0.2, -0.15) is 5.10 Å². The van der Waals surface area contributed by atoms with E-state index in [-0.39, 0.29) is 22.4 Å². The maximum Gasteiger partial charge on any atom is 0.264 e. The van der Waals surface area contributed by atoms with Crippen molar-refractivity contribution in [1.82, 2.24) is 9.78 Å².